The minimum absolute atomic E-state index is 0.0476. The lowest BCUT2D eigenvalue weighted by Crippen LogP contribution is -2.44. The maximum atomic E-state index is 13.2. The zero-order valence-corrected chi connectivity index (χ0v) is 19.1. The van der Waals surface area contributed by atoms with Gasteiger partial charge in [-0.15, -0.1) is 0 Å². The molecule has 9 heteroatoms. The number of hydrogen-bond acceptors (Lipinski definition) is 4. The summed E-state index contributed by atoms with van der Waals surface area (Å²) in [6.07, 6.45) is 1.10. The first-order valence-corrected chi connectivity index (χ1v) is 10.8. The Labute approximate surface area is 185 Å². The summed E-state index contributed by atoms with van der Waals surface area (Å²) in [5.74, 6) is -0.822. The maximum absolute atomic E-state index is 13.2. The number of benzene rings is 1. The molecule has 1 aliphatic heterocycles. The van der Waals surface area contributed by atoms with E-state index in [1.54, 1.807) is 18.2 Å². The van der Waals surface area contributed by atoms with Gasteiger partial charge in [-0.25, -0.2) is 0 Å². The quantitative estimate of drug-likeness (QED) is 0.553. The Morgan fingerprint density at radius 2 is 1.83 bits per heavy atom. The predicted octanol–water partition coefficient (Wildman–Crippen LogP) is 2.28. The van der Waals surface area contributed by atoms with E-state index in [-0.39, 0.29) is 18.7 Å². The molecule has 2 rings (SSSR count). The molecule has 1 aliphatic rings. The van der Waals surface area contributed by atoms with Gasteiger partial charge in [0.15, 0.2) is 0 Å². The minimum Gasteiger partial charge on any atom is -0.370 e. The van der Waals surface area contributed by atoms with Crippen LogP contribution in [0.25, 0.3) is 0 Å². The van der Waals surface area contributed by atoms with Gasteiger partial charge in [0.2, 0.25) is 17.7 Å². The van der Waals surface area contributed by atoms with Gasteiger partial charge >= 0.3 is 0 Å². The molecule has 0 bridgehead atoms. The van der Waals surface area contributed by atoms with Crippen LogP contribution < -0.4 is 16.4 Å². The fourth-order valence-electron chi connectivity index (χ4n) is 3.82. The number of rotatable bonds is 7. The standard InChI is InChI=1S/C21H29BrN4O4/c1-12-8-13(2)11-26(10-12)21(30)16-9-15(22)4-5-17(16)25-20(29)18(24-14(3)27)6-7-19(23)28/h4-5,9,12-13,18H,6-8,10-11H2,1-3H3,(H2,23,28)(H,24,27)(H,25,29)/t12-,13+,18-/m0/s1. The largest absolute Gasteiger partial charge is 0.370 e. The molecular formula is C21H29BrN4O4. The van der Waals surface area contributed by atoms with Crippen LogP contribution in [-0.2, 0) is 14.4 Å². The molecule has 3 atom stereocenters. The maximum Gasteiger partial charge on any atom is 0.256 e. The molecule has 1 heterocycles. The van der Waals surface area contributed by atoms with Gasteiger partial charge in [0.05, 0.1) is 11.3 Å². The molecule has 30 heavy (non-hydrogen) atoms. The van der Waals surface area contributed by atoms with Gasteiger partial charge in [-0.2, -0.15) is 0 Å². The van der Waals surface area contributed by atoms with E-state index in [0.29, 0.717) is 40.6 Å². The molecule has 1 aromatic carbocycles. The Kier molecular flexibility index (Phi) is 8.40. The van der Waals surface area contributed by atoms with Crippen molar-refractivity contribution >= 4 is 45.2 Å². The lowest BCUT2D eigenvalue weighted by atomic mass is 9.91. The summed E-state index contributed by atoms with van der Waals surface area (Å²) in [6.45, 7) is 6.86. The van der Waals surface area contributed by atoms with Crippen LogP contribution in [0.3, 0.4) is 0 Å². The van der Waals surface area contributed by atoms with Crippen molar-refractivity contribution in [1.82, 2.24) is 10.2 Å². The molecule has 0 unspecified atom stereocenters. The first-order valence-electron chi connectivity index (χ1n) is 10.0. The zero-order valence-electron chi connectivity index (χ0n) is 17.5. The highest BCUT2D eigenvalue weighted by atomic mass is 79.9. The molecule has 4 N–H and O–H groups in total. The second kappa shape index (κ2) is 10.6. The molecule has 1 fully saturated rings. The van der Waals surface area contributed by atoms with Gasteiger partial charge < -0.3 is 21.3 Å². The van der Waals surface area contributed by atoms with Gasteiger partial charge in [-0.1, -0.05) is 29.8 Å². The van der Waals surface area contributed by atoms with Gasteiger partial charge in [0.25, 0.3) is 5.91 Å². The Morgan fingerprint density at radius 3 is 2.40 bits per heavy atom. The van der Waals surface area contributed by atoms with Crippen LogP contribution in [-0.4, -0.2) is 47.7 Å². The summed E-state index contributed by atoms with van der Waals surface area (Å²) in [5.41, 5.74) is 5.90. The van der Waals surface area contributed by atoms with Gasteiger partial charge in [-0.3, -0.25) is 19.2 Å². The van der Waals surface area contributed by atoms with Crippen molar-refractivity contribution in [3.63, 3.8) is 0 Å². The van der Waals surface area contributed by atoms with Crippen LogP contribution in [0.2, 0.25) is 0 Å². The van der Waals surface area contributed by atoms with E-state index in [4.69, 9.17) is 5.73 Å². The number of likely N-dealkylation sites (tertiary alicyclic amines) is 1. The molecule has 1 aromatic rings. The number of anilines is 1. The van der Waals surface area contributed by atoms with Crippen LogP contribution in [0.15, 0.2) is 22.7 Å². The number of carbonyl (C=O) groups is 4. The predicted molar refractivity (Wildman–Crippen MR) is 118 cm³/mol. The normalized spacial score (nSPS) is 19.7. The number of nitrogens with zero attached hydrogens (tertiary/aromatic N) is 1. The highest BCUT2D eigenvalue weighted by molar-refractivity contribution is 9.10. The summed E-state index contributed by atoms with van der Waals surface area (Å²) >= 11 is 3.39. The second-order valence-corrected chi connectivity index (χ2v) is 9.01. The molecule has 0 spiro atoms. The molecule has 4 amide bonds. The third-order valence-electron chi connectivity index (χ3n) is 5.00. The summed E-state index contributed by atoms with van der Waals surface area (Å²) in [5, 5.41) is 5.26. The van der Waals surface area contributed by atoms with Crippen molar-refractivity contribution < 1.29 is 19.2 Å². The van der Waals surface area contributed by atoms with Crippen molar-refractivity contribution in [1.29, 1.82) is 0 Å². The van der Waals surface area contributed by atoms with Crippen molar-refractivity contribution in [3.05, 3.63) is 28.2 Å². The molecule has 0 saturated carbocycles. The van der Waals surface area contributed by atoms with E-state index in [2.05, 4.69) is 40.4 Å². The smallest absolute Gasteiger partial charge is 0.256 e. The summed E-state index contributed by atoms with van der Waals surface area (Å²) in [7, 11) is 0. The summed E-state index contributed by atoms with van der Waals surface area (Å²) < 4.78 is 0.717. The van der Waals surface area contributed by atoms with E-state index in [1.165, 1.54) is 6.92 Å². The van der Waals surface area contributed by atoms with E-state index in [1.807, 2.05) is 4.90 Å². The fourth-order valence-corrected chi connectivity index (χ4v) is 4.18. The summed E-state index contributed by atoms with van der Waals surface area (Å²) in [6, 6.07) is 4.12. The first-order chi connectivity index (χ1) is 14.1. The Hall–Kier alpha value is -2.42. The number of carbonyl (C=O) groups excluding carboxylic acids is 4. The van der Waals surface area contributed by atoms with E-state index in [0.717, 1.165) is 6.42 Å². The van der Waals surface area contributed by atoms with Crippen LogP contribution >= 0.6 is 15.9 Å². The van der Waals surface area contributed by atoms with E-state index < -0.39 is 23.8 Å². The van der Waals surface area contributed by atoms with Gasteiger partial charge in [0.1, 0.15) is 6.04 Å². The zero-order chi connectivity index (χ0) is 22.4. The number of nitrogens with two attached hydrogens (primary N) is 1. The van der Waals surface area contributed by atoms with Crippen molar-refractivity contribution in [2.24, 2.45) is 17.6 Å². The average molecular weight is 481 g/mol. The van der Waals surface area contributed by atoms with Crippen LogP contribution in [0.5, 0.6) is 0 Å². The monoisotopic (exact) mass is 480 g/mol. The topological polar surface area (TPSA) is 122 Å². The number of halogens is 1. The molecule has 1 saturated heterocycles. The Balaban J connectivity index is 2.24. The lowest BCUT2D eigenvalue weighted by molar-refractivity contribution is -0.126. The molecule has 0 aliphatic carbocycles. The van der Waals surface area contributed by atoms with E-state index in [9.17, 15) is 19.2 Å². The summed E-state index contributed by atoms with van der Waals surface area (Å²) in [4.78, 5) is 50.4. The third-order valence-corrected chi connectivity index (χ3v) is 5.49. The van der Waals surface area contributed by atoms with E-state index >= 15 is 0 Å². The van der Waals surface area contributed by atoms with Crippen molar-refractivity contribution in [2.45, 2.75) is 46.1 Å². The van der Waals surface area contributed by atoms with Gasteiger partial charge in [0, 0.05) is 30.9 Å². The number of primary amides is 1. The molecule has 164 valence electrons. The number of nitrogens with one attached hydrogen (secondary N) is 2. The van der Waals surface area contributed by atoms with Crippen LogP contribution in [0.4, 0.5) is 5.69 Å². The third kappa shape index (κ3) is 6.83. The minimum atomic E-state index is -0.934. The Bertz CT molecular complexity index is 819. The number of piperidine rings is 1. The first kappa shape index (κ1) is 23.9. The van der Waals surface area contributed by atoms with Crippen molar-refractivity contribution in [3.8, 4) is 0 Å². The van der Waals surface area contributed by atoms with Gasteiger partial charge in [-0.05, 0) is 42.9 Å². The van der Waals surface area contributed by atoms with Crippen LogP contribution in [0.1, 0.15) is 50.4 Å². The lowest BCUT2D eigenvalue weighted by Gasteiger charge is -2.35. The van der Waals surface area contributed by atoms with Crippen LogP contribution in [0, 0.1) is 11.8 Å². The number of amides is 4. The molecule has 0 radical (unpaired) electrons. The van der Waals surface area contributed by atoms with Crippen molar-refractivity contribution in [2.75, 3.05) is 18.4 Å². The molecule has 0 aromatic heterocycles. The average Bonchev–Trinajstić information content (AvgIpc) is 2.64. The fraction of sp³-hybridized carbons (Fsp3) is 0.524. The molecular weight excluding hydrogens is 452 g/mol. The highest BCUT2D eigenvalue weighted by Crippen LogP contribution is 2.27. The Morgan fingerprint density at radius 1 is 1.20 bits per heavy atom. The highest BCUT2D eigenvalue weighted by Gasteiger charge is 2.28. The molecule has 8 nitrogen and oxygen atoms in total. The second-order valence-electron chi connectivity index (χ2n) is 8.09. The number of hydrogen-bond donors (Lipinski definition) is 3. The SMILES string of the molecule is CC(=O)N[C@@H](CCC(N)=O)C(=O)Nc1ccc(Br)cc1C(=O)N1C[C@H](C)C[C@H](C)C1.